The standard InChI is InChI=1S/C9H10N2OS2/c10-8(13)12-9(14)11-6-7-4-2-1-3-5-7/h1-5H,6H2,(H2,10,13)(H,11,14). The molecular weight excluding hydrogens is 216 g/mol. The van der Waals surface area contributed by atoms with E-state index in [9.17, 15) is 0 Å². The van der Waals surface area contributed by atoms with Gasteiger partial charge in [-0.2, -0.15) is 0 Å². The molecule has 0 fully saturated rings. The van der Waals surface area contributed by atoms with Crippen molar-refractivity contribution >= 4 is 34.8 Å². The summed E-state index contributed by atoms with van der Waals surface area (Å²) >= 11 is 9.36. The van der Waals surface area contributed by atoms with Crippen LogP contribution in [0.4, 0.5) is 0 Å². The Bertz CT molecular complexity index is 327. The molecule has 3 N–H and O–H groups in total. The second-order valence-corrected chi connectivity index (χ2v) is 3.32. The molecule has 0 spiro atoms. The first kappa shape index (κ1) is 10.9. The zero-order valence-corrected chi connectivity index (χ0v) is 9.03. The van der Waals surface area contributed by atoms with E-state index < -0.39 is 0 Å². The van der Waals surface area contributed by atoms with Crippen molar-refractivity contribution in [1.29, 1.82) is 0 Å². The first-order valence-electron chi connectivity index (χ1n) is 3.97. The fourth-order valence-corrected chi connectivity index (χ4v) is 1.20. The molecule has 0 atom stereocenters. The van der Waals surface area contributed by atoms with Gasteiger partial charge < -0.3 is 15.8 Å². The van der Waals surface area contributed by atoms with Crippen LogP contribution in [-0.4, -0.2) is 10.3 Å². The number of hydrogen-bond donors (Lipinski definition) is 2. The zero-order valence-electron chi connectivity index (χ0n) is 7.40. The van der Waals surface area contributed by atoms with Crippen molar-refractivity contribution in [2.75, 3.05) is 0 Å². The highest BCUT2D eigenvalue weighted by molar-refractivity contribution is 7.81. The maximum absolute atomic E-state index is 5.14. The molecule has 0 bridgehead atoms. The smallest absolute Gasteiger partial charge is 0.264 e. The zero-order chi connectivity index (χ0) is 10.4. The predicted molar refractivity (Wildman–Crippen MR) is 63.8 cm³/mol. The normalized spacial score (nSPS) is 9.14. The molecule has 0 radical (unpaired) electrons. The Labute approximate surface area is 93.2 Å². The molecule has 0 amide bonds. The van der Waals surface area contributed by atoms with E-state index in [2.05, 4.69) is 17.5 Å². The minimum atomic E-state index is -0.0736. The maximum atomic E-state index is 5.14. The summed E-state index contributed by atoms with van der Waals surface area (Å²) in [5, 5.41) is 2.99. The van der Waals surface area contributed by atoms with Gasteiger partial charge in [-0.05, 0) is 30.0 Å². The van der Waals surface area contributed by atoms with E-state index in [1.807, 2.05) is 30.3 Å². The molecule has 0 aromatic heterocycles. The van der Waals surface area contributed by atoms with Gasteiger partial charge in [0, 0.05) is 6.54 Å². The average molecular weight is 226 g/mol. The van der Waals surface area contributed by atoms with E-state index >= 15 is 0 Å². The molecule has 3 nitrogen and oxygen atoms in total. The Morgan fingerprint density at radius 1 is 1.29 bits per heavy atom. The second kappa shape index (κ2) is 5.51. The number of hydrogen-bond acceptors (Lipinski definition) is 3. The third kappa shape index (κ3) is 4.15. The quantitative estimate of drug-likeness (QED) is 0.745. The maximum Gasteiger partial charge on any atom is 0.264 e. The van der Waals surface area contributed by atoms with Crippen LogP contribution in [0.5, 0.6) is 0 Å². The van der Waals surface area contributed by atoms with Gasteiger partial charge in [-0.3, -0.25) is 0 Å². The third-order valence-corrected chi connectivity index (χ3v) is 1.78. The van der Waals surface area contributed by atoms with Gasteiger partial charge in [0.2, 0.25) is 0 Å². The molecule has 5 heteroatoms. The number of nitrogens with one attached hydrogen (secondary N) is 1. The number of rotatable bonds is 2. The molecule has 0 heterocycles. The van der Waals surface area contributed by atoms with Crippen molar-refractivity contribution in [3.05, 3.63) is 35.9 Å². The topological polar surface area (TPSA) is 47.3 Å². The van der Waals surface area contributed by atoms with E-state index in [-0.39, 0.29) is 10.3 Å². The first-order valence-corrected chi connectivity index (χ1v) is 4.79. The monoisotopic (exact) mass is 226 g/mol. The van der Waals surface area contributed by atoms with Crippen molar-refractivity contribution in [3.8, 4) is 0 Å². The molecular formula is C9H10N2OS2. The molecule has 0 aliphatic carbocycles. The highest BCUT2D eigenvalue weighted by atomic mass is 32.1. The lowest BCUT2D eigenvalue weighted by Gasteiger charge is -2.07. The van der Waals surface area contributed by atoms with Gasteiger partial charge >= 0.3 is 0 Å². The van der Waals surface area contributed by atoms with Crippen molar-refractivity contribution in [2.45, 2.75) is 6.54 Å². The van der Waals surface area contributed by atoms with Gasteiger partial charge in [0.1, 0.15) is 0 Å². The molecule has 0 saturated heterocycles. The van der Waals surface area contributed by atoms with E-state index in [0.29, 0.717) is 6.54 Å². The summed E-state index contributed by atoms with van der Waals surface area (Å²) in [6.07, 6.45) is 0. The minimum Gasteiger partial charge on any atom is -0.405 e. The lowest BCUT2D eigenvalue weighted by molar-refractivity contribution is 0.531. The van der Waals surface area contributed by atoms with Crippen LogP contribution in [0, 0.1) is 0 Å². The van der Waals surface area contributed by atoms with E-state index in [4.69, 9.17) is 22.7 Å². The Balaban J connectivity index is 2.34. The van der Waals surface area contributed by atoms with Gasteiger partial charge in [-0.15, -0.1) is 0 Å². The van der Waals surface area contributed by atoms with Crippen LogP contribution in [0.1, 0.15) is 5.56 Å². The van der Waals surface area contributed by atoms with Crippen LogP contribution in [0.25, 0.3) is 0 Å². The molecule has 0 aliphatic rings. The molecule has 1 rings (SSSR count). The summed E-state index contributed by atoms with van der Waals surface area (Å²) in [4.78, 5) is 0. The summed E-state index contributed by atoms with van der Waals surface area (Å²) in [5.74, 6) is 0. The largest absolute Gasteiger partial charge is 0.405 e. The van der Waals surface area contributed by atoms with Gasteiger partial charge in [0.15, 0.2) is 0 Å². The lowest BCUT2D eigenvalue weighted by Crippen LogP contribution is -2.28. The molecule has 0 saturated carbocycles. The molecule has 1 aromatic rings. The number of benzene rings is 1. The molecule has 0 unspecified atom stereocenters. The van der Waals surface area contributed by atoms with E-state index in [1.165, 1.54) is 0 Å². The molecule has 14 heavy (non-hydrogen) atoms. The van der Waals surface area contributed by atoms with Gasteiger partial charge in [0.05, 0.1) is 0 Å². The van der Waals surface area contributed by atoms with E-state index in [1.54, 1.807) is 0 Å². The Kier molecular flexibility index (Phi) is 4.28. The fourth-order valence-electron chi connectivity index (χ4n) is 0.898. The van der Waals surface area contributed by atoms with E-state index in [0.717, 1.165) is 5.56 Å². The number of ether oxygens (including phenoxy) is 1. The van der Waals surface area contributed by atoms with Gasteiger partial charge in [-0.25, -0.2) is 0 Å². The van der Waals surface area contributed by atoms with Crippen molar-refractivity contribution < 1.29 is 4.74 Å². The lowest BCUT2D eigenvalue weighted by atomic mass is 10.2. The molecule has 1 aromatic carbocycles. The SMILES string of the molecule is NC(=S)OC(=S)NCc1ccccc1. The van der Waals surface area contributed by atoms with Crippen LogP contribution < -0.4 is 11.1 Å². The highest BCUT2D eigenvalue weighted by Gasteiger charge is 1.98. The van der Waals surface area contributed by atoms with Gasteiger partial charge in [-0.1, -0.05) is 30.3 Å². The summed E-state index contributed by atoms with van der Waals surface area (Å²) < 4.78 is 4.80. The van der Waals surface area contributed by atoms with Crippen molar-refractivity contribution in [1.82, 2.24) is 5.32 Å². The second-order valence-electron chi connectivity index (χ2n) is 2.55. The first-order chi connectivity index (χ1) is 6.68. The van der Waals surface area contributed by atoms with Crippen LogP contribution >= 0.6 is 24.4 Å². The number of thiocarbonyl (C=S) groups is 2. The number of nitrogens with two attached hydrogens (primary N) is 1. The van der Waals surface area contributed by atoms with Gasteiger partial charge in [0.25, 0.3) is 10.3 Å². The summed E-state index contributed by atoms with van der Waals surface area (Å²) in [6, 6.07) is 9.82. The Hall–Kier alpha value is -1.20. The van der Waals surface area contributed by atoms with Crippen LogP contribution in [0.3, 0.4) is 0 Å². The fraction of sp³-hybridized carbons (Fsp3) is 0.111. The van der Waals surface area contributed by atoms with Crippen LogP contribution in [-0.2, 0) is 11.3 Å². The van der Waals surface area contributed by atoms with Crippen molar-refractivity contribution in [3.63, 3.8) is 0 Å². The molecule has 74 valence electrons. The Morgan fingerprint density at radius 3 is 2.50 bits per heavy atom. The van der Waals surface area contributed by atoms with Crippen LogP contribution in [0.15, 0.2) is 30.3 Å². The van der Waals surface area contributed by atoms with Crippen molar-refractivity contribution in [2.24, 2.45) is 5.73 Å². The average Bonchev–Trinajstić information content (AvgIpc) is 2.15. The van der Waals surface area contributed by atoms with Crippen LogP contribution in [0.2, 0.25) is 0 Å². The third-order valence-electron chi connectivity index (χ3n) is 1.47. The Morgan fingerprint density at radius 2 is 1.93 bits per heavy atom. The minimum absolute atomic E-state index is 0.0736. The summed E-state index contributed by atoms with van der Waals surface area (Å²) in [6.45, 7) is 0.599. The predicted octanol–water partition coefficient (Wildman–Crippen LogP) is 1.32. The molecule has 0 aliphatic heterocycles. The summed E-state index contributed by atoms with van der Waals surface area (Å²) in [7, 11) is 0. The highest BCUT2D eigenvalue weighted by Crippen LogP contribution is 1.97. The summed E-state index contributed by atoms with van der Waals surface area (Å²) in [5.41, 5.74) is 6.26.